The van der Waals surface area contributed by atoms with E-state index in [-0.39, 0.29) is 0 Å². The Balaban J connectivity index is 0.000000499. The van der Waals surface area contributed by atoms with Crippen LogP contribution < -0.4 is 0 Å². The van der Waals surface area contributed by atoms with Gasteiger partial charge in [0, 0.05) is 0 Å². The van der Waals surface area contributed by atoms with Gasteiger partial charge in [0.2, 0.25) is 0 Å². The fraction of sp³-hybridized carbons (Fsp3) is 0.486. The van der Waals surface area contributed by atoms with Gasteiger partial charge in [0.25, 0.3) is 0 Å². The molecule has 43 heavy (non-hydrogen) atoms. The van der Waals surface area contributed by atoms with E-state index in [1.54, 1.807) is 0 Å². The van der Waals surface area contributed by atoms with Crippen molar-refractivity contribution in [2.75, 3.05) is 0 Å². The Labute approximate surface area is 276 Å². The summed E-state index contributed by atoms with van der Waals surface area (Å²) in [5.41, 5.74) is 14.8. The molecule has 2 aromatic carbocycles. The van der Waals surface area contributed by atoms with E-state index in [1.807, 2.05) is 11.4 Å². The van der Waals surface area contributed by atoms with Gasteiger partial charge in [-0.3, -0.25) is 0 Å². The van der Waals surface area contributed by atoms with Crippen LogP contribution in [-0.2, 0) is 22.9 Å². The van der Waals surface area contributed by atoms with Gasteiger partial charge >= 0.3 is 206 Å². The number of para-hydroxylation sites is 2. The summed E-state index contributed by atoms with van der Waals surface area (Å²) in [5.74, 6) is 1.80. The van der Waals surface area contributed by atoms with Gasteiger partial charge in [0.1, 0.15) is 0 Å². The van der Waals surface area contributed by atoms with Crippen LogP contribution in [0.2, 0.25) is 26.2 Å². The molecule has 3 nitrogen and oxygen atoms in total. The minimum atomic E-state index is -1.58. The first-order chi connectivity index (χ1) is 19.8. The summed E-state index contributed by atoms with van der Waals surface area (Å²) in [6.45, 7) is 39.0. The van der Waals surface area contributed by atoms with E-state index in [1.165, 1.54) is 45.0 Å². The zero-order chi connectivity index (χ0) is 33.0. The van der Waals surface area contributed by atoms with Crippen molar-refractivity contribution in [1.29, 1.82) is 0 Å². The van der Waals surface area contributed by atoms with Crippen molar-refractivity contribution in [1.82, 2.24) is 9.13 Å². The number of benzene rings is 2. The van der Waals surface area contributed by atoms with Gasteiger partial charge in [-0.25, -0.2) is 0 Å². The maximum absolute atomic E-state index is 5.97. The molecule has 0 aliphatic rings. The van der Waals surface area contributed by atoms with Crippen LogP contribution in [0.5, 0.6) is 0 Å². The molecule has 0 saturated carbocycles. The Morgan fingerprint density at radius 2 is 0.860 bits per heavy atom. The molecule has 0 atom stereocenters. The maximum atomic E-state index is 5.97. The summed E-state index contributed by atoms with van der Waals surface area (Å²) < 4.78 is 12.0. The number of imidazole rings is 1. The molecule has 0 saturated heterocycles. The number of hydrogen-bond donors (Lipinski definition) is 0. The standard InChI is InChI=1S/C29H40N2.C8H18OSi2.Pd/c1-18(2)24-13-11-14-25(19(3)4)28(24)30-17-31(23(10)22(30)9)29-26(20(5)6)15-12-16-27(29)21(7)8;1-7-10(3,4)9-11(5,6)8-2;/h11-16,18-21H,1-10H3;7-8H,1-2H2,3-6H3;. The summed E-state index contributed by atoms with van der Waals surface area (Å²) in [6.07, 6.45) is 0. The third-order valence-electron chi connectivity index (χ3n) is 8.18. The van der Waals surface area contributed by atoms with Gasteiger partial charge in [0.05, 0.1) is 0 Å². The molecule has 0 spiro atoms. The van der Waals surface area contributed by atoms with Gasteiger partial charge in [-0.05, 0) is 26.2 Å². The van der Waals surface area contributed by atoms with Gasteiger partial charge in [-0.2, -0.15) is 0 Å². The topological polar surface area (TPSA) is 19.1 Å². The normalized spacial score (nSPS) is 12.3. The molecule has 1 aromatic heterocycles. The second kappa shape index (κ2) is 15.0. The van der Waals surface area contributed by atoms with Crippen LogP contribution in [0.1, 0.15) is 113 Å². The fourth-order valence-corrected chi connectivity index (χ4v) is 12.4. The van der Waals surface area contributed by atoms with E-state index in [4.69, 9.17) is 4.12 Å². The Kier molecular flexibility index (Phi) is 13.0. The van der Waals surface area contributed by atoms with Crippen molar-refractivity contribution < 1.29 is 22.9 Å². The Hall–Kier alpha value is -1.81. The van der Waals surface area contributed by atoms with E-state index >= 15 is 0 Å². The van der Waals surface area contributed by atoms with Crippen molar-refractivity contribution in [3.05, 3.63) is 98.5 Å². The summed E-state index contributed by atoms with van der Waals surface area (Å²) in [5, 5.41) is 0. The van der Waals surface area contributed by atoms with Gasteiger partial charge in [-0.15, -0.1) is 13.2 Å². The molecule has 0 unspecified atom stereocenters. The van der Waals surface area contributed by atoms with Gasteiger partial charge in [0.15, 0.2) is 16.6 Å². The van der Waals surface area contributed by atoms with Crippen LogP contribution in [0, 0.1) is 17.7 Å². The SMILES string of the molecule is C=C[Si](C)(C)O[Si](C)(C)C=C.Cc1c(C)n(-c2c(C(C)C)cccc2C(C)C)[c](=[Pd])n1-c1c(C(C)C)cccc1C(C)C. The molecule has 240 valence electrons. The minimum absolute atomic E-state index is 0.449. The molecular weight excluding hydrogens is 651 g/mol. The number of rotatable bonds is 10. The second-order valence-electron chi connectivity index (χ2n) is 14.0. The quantitative estimate of drug-likeness (QED) is 0.192. The molecular formula is C37H58N2OPdSi2. The third-order valence-corrected chi connectivity index (χ3v) is 15.0. The van der Waals surface area contributed by atoms with E-state index in [2.05, 4.69) is 173 Å². The van der Waals surface area contributed by atoms with Crippen molar-refractivity contribution in [3.8, 4) is 11.4 Å². The predicted octanol–water partition coefficient (Wildman–Crippen LogP) is 11.3. The number of aromatic nitrogens is 2. The summed E-state index contributed by atoms with van der Waals surface area (Å²) in [6, 6.07) is 13.6. The van der Waals surface area contributed by atoms with Crippen LogP contribution in [0.3, 0.4) is 0 Å². The van der Waals surface area contributed by atoms with Crippen LogP contribution in [-0.4, -0.2) is 25.8 Å². The van der Waals surface area contributed by atoms with E-state index < -0.39 is 16.6 Å². The van der Waals surface area contributed by atoms with Gasteiger partial charge < -0.3 is 4.12 Å². The molecule has 1 heterocycles. The zero-order valence-electron chi connectivity index (χ0n) is 29.5. The Morgan fingerprint density at radius 1 is 0.605 bits per heavy atom. The molecule has 0 N–H and O–H groups in total. The molecule has 0 fully saturated rings. The molecule has 6 heteroatoms. The summed E-state index contributed by atoms with van der Waals surface area (Å²) in [7, 11) is -3.16. The van der Waals surface area contributed by atoms with Gasteiger partial charge in [-0.1, -0.05) is 11.4 Å². The average Bonchev–Trinajstić information content (AvgIpc) is 3.14. The molecule has 0 bridgehead atoms. The molecule has 3 rings (SSSR count). The van der Waals surface area contributed by atoms with Crippen LogP contribution >= 0.6 is 0 Å². The van der Waals surface area contributed by atoms with Crippen LogP contribution in [0.25, 0.3) is 11.4 Å². The summed E-state index contributed by atoms with van der Waals surface area (Å²) in [4.78, 5) is 0. The van der Waals surface area contributed by atoms with Crippen molar-refractivity contribution >= 4 is 16.6 Å². The van der Waals surface area contributed by atoms with E-state index in [0.717, 1.165) is 3.89 Å². The molecule has 3 aromatic rings. The first-order valence-corrected chi connectivity index (χ1v) is 22.6. The molecule has 0 amide bonds. The average molecular weight is 709 g/mol. The zero-order valence-corrected chi connectivity index (χ0v) is 33.0. The van der Waals surface area contributed by atoms with Crippen molar-refractivity contribution in [2.45, 2.75) is 119 Å². The predicted molar refractivity (Wildman–Crippen MR) is 191 cm³/mol. The van der Waals surface area contributed by atoms with E-state index in [0.29, 0.717) is 23.7 Å². The Morgan fingerprint density at radius 3 is 1.07 bits per heavy atom. The fourth-order valence-electron chi connectivity index (χ4n) is 5.49. The second-order valence-corrected chi connectivity index (χ2v) is 22.7. The van der Waals surface area contributed by atoms with Crippen molar-refractivity contribution in [2.24, 2.45) is 0 Å². The first-order valence-electron chi connectivity index (χ1n) is 15.8. The Bertz CT molecular complexity index is 1330. The molecule has 0 aliphatic carbocycles. The summed E-state index contributed by atoms with van der Waals surface area (Å²) >= 11 is 3.73. The third kappa shape index (κ3) is 8.68. The molecule has 0 aliphatic heterocycles. The first kappa shape index (κ1) is 37.4. The van der Waals surface area contributed by atoms with E-state index in [9.17, 15) is 0 Å². The molecule has 0 radical (unpaired) electrons. The van der Waals surface area contributed by atoms with Crippen molar-refractivity contribution in [3.63, 3.8) is 0 Å². The van der Waals surface area contributed by atoms with Crippen LogP contribution in [0.15, 0.2) is 61.0 Å². The monoisotopic (exact) mass is 708 g/mol. The number of nitrogens with zero attached hydrogens (tertiary/aromatic N) is 2. The number of hydrogen-bond acceptors (Lipinski definition) is 1. The van der Waals surface area contributed by atoms with Crippen LogP contribution in [0.4, 0.5) is 0 Å².